The zero-order valence-electron chi connectivity index (χ0n) is 15.7. The molecule has 1 aromatic heterocycles. The molecule has 0 bridgehead atoms. The minimum atomic E-state index is 0.0498. The van der Waals surface area contributed by atoms with Gasteiger partial charge in [-0.2, -0.15) is 0 Å². The van der Waals surface area contributed by atoms with E-state index in [1.54, 1.807) is 18.3 Å². The molecule has 0 N–H and O–H groups in total. The van der Waals surface area contributed by atoms with Gasteiger partial charge < -0.3 is 9.64 Å². The maximum absolute atomic E-state index is 12.6. The molecule has 4 nitrogen and oxygen atoms in total. The first-order valence-electron chi connectivity index (χ1n) is 9.32. The van der Waals surface area contributed by atoms with E-state index in [0.29, 0.717) is 35.7 Å². The Labute approximate surface area is 170 Å². The number of carbonyl (C=O) groups excluding carboxylic acids is 1. The topological polar surface area (TPSA) is 42.4 Å². The summed E-state index contributed by atoms with van der Waals surface area (Å²) in [6.45, 7) is 5.76. The van der Waals surface area contributed by atoms with Crippen molar-refractivity contribution in [2.24, 2.45) is 0 Å². The second-order valence-corrected chi connectivity index (χ2v) is 9.03. The van der Waals surface area contributed by atoms with Crippen molar-refractivity contribution in [1.82, 2.24) is 9.88 Å². The Morgan fingerprint density at radius 2 is 1.96 bits per heavy atom. The maximum Gasteiger partial charge on any atom is 0.232 e. The molecule has 2 heterocycles. The van der Waals surface area contributed by atoms with Crippen molar-refractivity contribution in [3.8, 4) is 5.88 Å². The van der Waals surface area contributed by atoms with Crippen LogP contribution in [0.3, 0.4) is 0 Å². The number of hydrogen-bond acceptors (Lipinski definition) is 4. The van der Waals surface area contributed by atoms with Crippen molar-refractivity contribution in [1.29, 1.82) is 0 Å². The number of benzene rings is 1. The Hall–Kier alpha value is -1.72. The van der Waals surface area contributed by atoms with Crippen molar-refractivity contribution in [2.75, 3.05) is 13.1 Å². The van der Waals surface area contributed by atoms with E-state index in [1.165, 1.54) is 4.90 Å². The zero-order chi connectivity index (χ0) is 19.2. The Balaban J connectivity index is 1.47. The lowest BCUT2D eigenvalue weighted by Crippen LogP contribution is -2.42. The number of nitrogens with zero attached hydrogens (tertiary/aromatic N) is 2. The summed E-state index contributed by atoms with van der Waals surface area (Å²) in [7, 11) is 0. The van der Waals surface area contributed by atoms with Crippen LogP contribution in [0.4, 0.5) is 0 Å². The number of carbonyl (C=O) groups is 1. The Morgan fingerprint density at radius 1 is 1.26 bits per heavy atom. The highest BCUT2D eigenvalue weighted by Gasteiger charge is 2.24. The third-order valence-electron chi connectivity index (χ3n) is 4.45. The standard InChI is InChI=1S/C21H25ClN2O2S/c1-15(2)27-18-7-5-16(6-8-18)14-20(25)24-12-9-17(10-13-24)26-21-19(22)4-3-11-23-21/h3-8,11,15,17H,9-10,12-14H2,1-2H3. The van der Waals surface area contributed by atoms with Crippen LogP contribution < -0.4 is 4.74 Å². The molecule has 0 saturated carbocycles. The molecule has 1 aliphatic rings. The highest BCUT2D eigenvalue weighted by Crippen LogP contribution is 2.25. The molecule has 1 amide bonds. The van der Waals surface area contributed by atoms with Crippen molar-refractivity contribution >= 4 is 29.3 Å². The minimum Gasteiger partial charge on any atom is -0.473 e. The normalized spacial score (nSPS) is 15.2. The van der Waals surface area contributed by atoms with Crippen molar-refractivity contribution in [3.05, 3.63) is 53.2 Å². The van der Waals surface area contributed by atoms with Gasteiger partial charge in [-0.05, 0) is 29.8 Å². The lowest BCUT2D eigenvalue weighted by molar-refractivity contribution is -0.132. The van der Waals surface area contributed by atoms with Gasteiger partial charge in [0.05, 0.1) is 6.42 Å². The van der Waals surface area contributed by atoms with Crippen molar-refractivity contribution in [3.63, 3.8) is 0 Å². The van der Waals surface area contributed by atoms with Crippen LogP contribution in [0, 0.1) is 0 Å². The van der Waals surface area contributed by atoms with E-state index in [9.17, 15) is 4.79 Å². The second-order valence-electron chi connectivity index (χ2n) is 6.98. The number of thioether (sulfide) groups is 1. The molecule has 144 valence electrons. The maximum atomic E-state index is 12.6. The summed E-state index contributed by atoms with van der Waals surface area (Å²) in [5.41, 5.74) is 1.06. The molecule has 0 aliphatic carbocycles. The minimum absolute atomic E-state index is 0.0498. The van der Waals surface area contributed by atoms with Gasteiger partial charge in [0.2, 0.25) is 11.8 Å². The quantitative estimate of drug-likeness (QED) is 0.645. The molecule has 2 aromatic rings. The Kier molecular flexibility index (Phi) is 7.02. The van der Waals surface area contributed by atoms with Gasteiger partial charge in [0.1, 0.15) is 11.1 Å². The summed E-state index contributed by atoms with van der Waals surface area (Å²) < 4.78 is 5.89. The monoisotopic (exact) mass is 404 g/mol. The Bertz CT molecular complexity index is 759. The van der Waals surface area contributed by atoms with Gasteiger partial charge >= 0.3 is 0 Å². The first-order chi connectivity index (χ1) is 13.0. The fourth-order valence-electron chi connectivity index (χ4n) is 3.08. The number of halogens is 1. The van der Waals surface area contributed by atoms with Gasteiger partial charge in [-0.3, -0.25) is 4.79 Å². The predicted molar refractivity (Wildman–Crippen MR) is 111 cm³/mol. The average molecular weight is 405 g/mol. The SMILES string of the molecule is CC(C)Sc1ccc(CC(=O)N2CCC(Oc3ncccc3Cl)CC2)cc1. The first kappa shape index (κ1) is 20.0. The first-order valence-corrected chi connectivity index (χ1v) is 10.6. The lowest BCUT2D eigenvalue weighted by atomic mass is 10.1. The van der Waals surface area contributed by atoms with Crippen LogP contribution >= 0.6 is 23.4 Å². The van der Waals surface area contributed by atoms with Crippen LogP contribution in [0.1, 0.15) is 32.3 Å². The molecule has 0 spiro atoms. The number of pyridine rings is 1. The molecule has 0 radical (unpaired) electrons. The second kappa shape index (κ2) is 9.47. The smallest absolute Gasteiger partial charge is 0.232 e. The fourth-order valence-corrected chi connectivity index (χ4v) is 4.09. The Morgan fingerprint density at radius 3 is 2.59 bits per heavy atom. The lowest BCUT2D eigenvalue weighted by Gasteiger charge is -2.32. The average Bonchev–Trinajstić information content (AvgIpc) is 2.65. The summed E-state index contributed by atoms with van der Waals surface area (Å²) in [5, 5.41) is 1.08. The molecule has 1 saturated heterocycles. The fraction of sp³-hybridized carbons (Fsp3) is 0.429. The van der Waals surface area contributed by atoms with Gasteiger partial charge in [0.25, 0.3) is 0 Å². The van der Waals surface area contributed by atoms with Gasteiger partial charge in [-0.1, -0.05) is 37.6 Å². The number of rotatable bonds is 6. The number of amides is 1. The number of hydrogen-bond donors (Lipinski definition) is 0. The summed E-state index contributed by atoms with van der Waals surface area (Å²) in [6, 6.07) is 11.9. The van der Waals surface area contributed by atoms with Gasteiger partial charge in [-0.15, -0.1) is 11.8 Å². The molecule has 0 unspecified atom stereocenters. The molecule has 1 aliphatic heterocycles. The number of aromatic nitrogens is 1. The van der Waals surface area contributed by atoms with Crippen LogP contribution in [0.5, 0.6) is 5.88 Å². The van der Waals surface area contributed by atoms with Crippen LogP contribution in [0.15, 0.2) is 47.5 Å². The summed E-state index contributed by atoms with van der Waals surface area (Å²) in [6.07, 6.45) is 3.76. The third-order valence-corrected chi connectivity index (χ3v) is 5.75. The zero-order valence-corrected chi connectivity index (χ0v) is 17.3. The van der Waals surface area contributed by atoms with E-state index in [0.717, 1.165) is 18.4 Å². The van der Waals surface area contributed by atoms with E-state index < -0.39 is 0 Å². The van der Waals surface area contributed by atoms with E-state index in [1.807, 2.05) is 16.7 Å². The summed E-state index contributed by atoms with van der Waals surface area (Å²) in [5.74, 6) is 0.650. The van der Waals surface area contributed by atoms with Crippen LogP contribution in [-0.4, -0.2) is 40.2 Å². The van der Waals surface area contributed by atoms with Crippen molar-refractivity contribution < 1.29 is 9.53 Å². The molecule has 6 heteroatoms. The van der Waals surface area contributed by atoms with Gasteiger partial charge in [0.15, 0.2) is 0 Å². The third kappa shape index (κ3) is 5.88. The number of ether oxygens (including phenoxy) is 1. The molecule has 27 heavy (non-hydrogen) atoms. The van der Waals surface area contributed by atoms with Crippen LogP contribution in [0.2, 0.25) is 5.02 Å². The van der Waals surface area contributed by atoms with E-state index in [2.05, 4.69) is 43.1 Å². The summed E-state index contributed by atoms with van der Waals surface area (Å²) in [4.78, 5) is 19.9. The van der Waals surface area contributed by atoms with Gasteiger partial charge in [-0.25, -0.2) is 4.98 Å². The predicted octanol–water partition coefficient (Wildman–Crippen LogP) is 4.85. The molecular formula is C21H25ClN2O2S. The van der Waals surface area contributed by atoms with E-state index >= 15 is 0 Å². The molecule has 3 rings (SSSR count). The molecule has 0 atom stereocenters. The van der Waals surface area contributed by atoms with E-state index in [4.69, 9.17) is 16.3 Å². The molecule has 1 fully saturated rings. The van der Waals surface area contributed by atoms with Crippen LogP contribution in [0.25, 0.3) is 0 Å². The van der Waals surface area contributed by atoms with E-state index in [-0.39, 0.29) is 12.0 Å². The molecule has 1 aromatic carbocycles. The number of piperidine rings is 1. The highest BCUT2D eigenvalue weighted by atomic mass is 35.5. The summed E-state index contributed by atoms with van der Waals surface area (Å²) >= 11 is 7.93. The van der Waals surface area contributed by atoms with Gasteiger partial charge in [0, 0.05) is 42.3 Å². The molecular weight excluding hydrogens is 380 g/mol. The van der Waals surface area contributed by atoms with Crippen molar-refractivity contribution in [2.45, 2.75) is 49.4 Å². The largest absolute Gasteiger partial charge is 0.473 e. The highest BCUT2D eigenvalue weighted by molar-refractivity contribution is 7.99. The number of likely N-dealkylation sites (tertiary alicyclic amines) is 1. The van der Waals surface area contributed by atoms with Crippen LogP contribution in [-0.2, 0) is 11.2 Å².